The standard InChI is InChI=1S/C17H23NO5S2/c1-11-6-12(2)17(13(3)7-11)18-15(19)8-23-16(20)9-24-14-4-5-25(21,22)10-14/h6-7,14H,4-5,8-10H2,1-3H3,(H,18,19)/t14-/m0/s1. The number of carbonyl (C=O) groups is 2. The topological polar surface area (TPSA) is 89.5 Å². The first kappa shape index (κ1) is 19.8. The molecule has 0 spiro atoms. The Bertz CT molecular complexity index is 750. The number of benzene rings is 1. The summed E-state index contributed by atoms with van der Waals surface area (Å²) >= 11 is 1.27. The van der Waals surface area contributed by atoms with Crippen LogP contribution in [0.2, 0.25) is 0 Å². The molecule has 0 aliphatic carbocycles. The summed E-state index contributed by atoms with van der Waals surface area (Å²) in [6.45, 7) is 5.46. The van der Waals surface area contributed by atoms with Gasteiger partial charge in [0.2, 0.25) is 0 Å². The minimum absolute atomic E-state index is 0.0516. The Kier molecular flexibility index (Phi) is 6.51. The fraction of sp³-hybridized carbons (Fsp3) is 0.529. The van der Waals surface area contributed by atoms with Gasteiger partial charge in [0.05, 0.1) is 17.3 Å². The predicted molar refractivity (Wildman–Crippen MR) is 99.8 cm³/mol. The highest BCUT2D eigenvalue weighted by molar-refractivity contribution is 8.02. The lowest BCUT2D eigenvalue weighted by atomic mass is 10.1. The van der Waals surface area contributed by atoms with Crippen LogP contribution in [0, 0.1) is 20.8 Å². The average Bonchev–Trinajstić information content (AvgIpc) is 2.86. The molecule has 6 nitrogen and oxygen atoms in total. The summed E-state index contributed by atoms with van der Waals surface area (Å²) in [6, 6.07) is 3.95. The molecule has 0 radical (unpaired) electrons. The van der Waals surface area contributed by atoms with E-state index in [1.54, 1.807) is 0 Å². The number of sulfone groups is 1. The number of thioether (sulfide) groups is 1. The van der Waals surface area contributed by atoms with Gasteiger partial charge in [0.15, 0.2) is 16.4 Å². The zero-order valence-electron chi connectivity index (χ0n) is 14.6. The van der Waals surface area contributed by atoms with E-state index in [9.17, 15) is 18.0 Å². The number of carbonyl (C=O) groups excluding carboxylic acids is 2. The van der Waals surface area contributed by atoms with E-state index in [2.05, 4.69) is 5.32 Å². The van der Waals surface area contributed by atoms with Crippen LogP contribution in [0.1, 0.15) is 23.1 Å². The molecule has 1 heterocycles. The number of esters is 1. The van der Waals surface area contributed by atoms with Gasteiger partial charge in [0.1, 0.15) is 0 Å². The second-order valence-electron chi connectivity index (χ2n) is 6.32. The number of amides is 1. The van der Waals surface area contributed by atoms with E-state index >= 15 is 0 Å². The van der Waals surface area contributed by atoms with E-state index in [0.717, 1.165) is 22.4 Å². The molecule has 1 N–H and O–H groups in total. The van der Waals surface area contributed by atoms with Crippen molar-refractivity contribution in [3.63, 3.8) is 0 Å². The quantitative estimate of drug-likeness (QED) is 0.754. The van der Waals surface area contributed by atoms with Crippen molar-refractivity contribution in [1.29, 1.82) is 0 Å². The molecule has 2 rings (SSSR count). The Hall–Kier alpha value is -1.54. The third-order valence-electron chi connectivity index (χ3n) is 3.93. The van der Waals surface area contributed by atoms with Crippen LogP contribution in [0.25, 0.3) is 0 Å². The number of hydrogen-bond donors (Lipinski definition) is 1. The van der Waals surface area contributed by atoms with Crippen LogP contribution < -0.4 is 5.32 Å². The number of rotatable bonds is 6. The highest BCUT2D eigenvalue weighted by Crippen LogP contribution is 2.24. The summed E-state index contributed by atoms with van der Waals surface area (Å²) in [5.74, 6) is -0.566. The third kappa shape index (κ3) is 6.04. The smallest absolute Gasteiger partial charge is 0.316 e. The minimum Gasteiger partial charge on any atom is -0.455 e. The Morgan fingerprint density at radius 3 is 2.44 bits per heavy atom. The maximum atomic E-state index is 12.0. The third-order valence-corrected chi connectivity index (χ3v) is 7.19. The molecule has 1 aliphatic rings. The van der Waals surface area contributed by atoms with Gasteiger partial charge in [-0.25, -0.2) is 8.42 Å². The molecule has 1 aromatic carbocycles. The van der Waals surface area contributed by atoms with Crippen LogP contribution in [0.15, 0.2) is 12.1 Å². The van der Waals surface area contributed by atoms with E-state index in [-0.39, 0.29) is 29.1 Å². The molecule has 8 heteroatoms. The molecule has 1 fully saturated rings. The molecular weight excluding hydrogens is 362 g/mol. The predicted octanol–water partition coefficient (Wildman–Crippen LogP) is 2.01. The first-order valence-electron chi connectivity index (χ1n) is 8.01. The lowest BCUT2D eigenvalue weighted by Gasteiger charge is -2.13. The highest BCUT2D eigenvalue weighted by Gasteiger charge is 2.28. The Morgan fingerprint density at radius 2 is 1.88 bits per heavy atom. The number of aryl methyl sites for hydroxylation is 3. The van der Waals surface area contributed by atoms with Crippen molar-refractivity contribution in [3.8, 4) is 0 Å². The van der Waals surface area contributed by atoms with Gasteiger partial charge in [-0.05, 0) is 38.3 Å². The van der Waals surface area contributed by atoms with Crippen LogP contribution in [-0.4, -0.2) is 49.4 Å². The maximum Gasteiger partial charge on any atom is 0.316 e. The Morgan fingerprint density at radius 1 is 1.24 bits per heavy atom. The van der Waals surface area contributed by atoms with Crippen LogP contribution >= 0.6 is 11.8 Å². The average molecular weight is 386 g/mol. The van der Waals surface area contributed by atoms with Crippen molar-refractivity contribution < 1.29 is 22.7 Å². The summed E-state index contributed by atoms with van der Waals surface area (Å²) in [5, 5.41) is 2.70. The number of ether oxygens (including phenoxy) is 1. The number of hydrogen-bond acceptors (Lipinski definition) is 6. The van der Waals surface area contributed by atoms with Gasteiger partial charge in [0.25, 0.3) is 5.91 Å². The first-order chi connectivity index (χ1) is 11.7. The molecule has 1 aromatic rings. The highest BCUT2D eigenvalue weighted by atomic mass is 32.2. The molecule has 1 atom stereocenters. The number of nitrogens with one attached hydrogen (secondary N) is 1. The largest absolute Gasteiger partial charge is 0.455 e. The zero-order valence-corrected chi connectivity index (χ0v) is 16.3. The van der Waals surface area contributed by atoms with Gasteiger partial charge >= 0.3 is 5.97 Å². The second-order valence-corrected chi connectivity index (χ2v) is 9.84. The van der Waals surface area contributed by atoms with Gasteiger partial charge in [0, 0.05) is 10.9 Å². The lowest BCUT2D eigenvalue weighted by Crippen LogP contribution is -2.23. The minimum atomic E-state index is -2.95. The summed E-state index contributed by atoms with van der Waals surface area (Å²) in [7, 11) is -2.95. The second kappa shape index (κ2) is 8.23. The van der Waals surface area contributed by atoms with Gasteiger partial charge in [-0.3, -0.25) is 9.59 Å². The molecule has 0 bridgehead atoms. The van der Waals surface area contributed by atoms with Crippen LogP contribution in [-0.2, 0) is 24.2 Å². The molecule has 1 saturated heterocycles. The van der Waals surface area contributed by atoms with E-state index in [1.165, 1.54) is 11.8 Å². The van der Waals surface area contributed by atoms with Crippen molar-refractivity contribution in [2.75, 3.05) is 29.2 Å². The van der Waals surface area contributed by atoms with Gasteiger partial charge in [-0.15, -0.1) is 11.8 Å². The van der Waals surface area contributed by atoms with Crippen molar-refractivity contribution >= 4 is 39.2 Å². The van der Waals surface area contributed by atoms with E-state index < -0.39 is 21.7 Å². The molecule has 0 unspecified atom stereocenters. The summed E-state index contributed by atoms with van der Waals surface area (Å²) < 4.78 is 27.7. The van der Waals surface area contributed by atoms with Crippen molar-refractivity contribution in [2.45, 2.75) is 32.4 Å². The molecule has 25 heavy (non-hydrogen) atoms. The van der Waals surface area contributed by atoms with Crippen molar-refractivity contribution in [2.24, 2.45) is 0 Å². The zero-order chi connectivity index (χ0) is 18.6. The normalized spacial score (nSPS) is 18.8. The maximum absolute atomic E-state index is 12.0. The molecule has 138 valence electrons. The fourth-order valence-electron chi connectivity index (χ4n) is 2.82. The molecule has 0 aromatic heterocycles. The lowest BCUT2D eigenvalue weighted by molar-refractivity contribution is -0.144. The van der Waals surface area contributed by atoms with E-state index in [1.807, 2.05) is 32.9 Å². The number of anilines is 1. The molecular formula is C17H23NO5S2. The summed E-state index contributed by atoms with van der Waals surface area (Å²) in [4.78, 5) is 23.7. The van der Waals surface area contributed by atoms with Crippen LogP contribution in [0.4, 0.5) is 5.69 Å². The van der Waals surface area contributed by atoms with Crippen molar-refractivity contribution in [3.05, 3.63) is 28.8 Å². The summed E-state index contributed by atoms with van der Waals surface area (Å²) in [5.41, 5.74) is 3.76. The SMILES string of the molecule is Cc1cc(C)c(NC(=O)COC(=O)CS[C@H]2CCS(=O)(=O)C2)c(C)c1. The first-order valence-corrected chi connectivity index (χ1v) is 10.9. The van der Waals surface area contributed by atoms with Crippen LogP contribution in [0.3, 0.4) is 0 Å². The van der Waals surface area contributed by atoms with Gasteiger partial charge in [-0.2, -0.15) is 0 Å². The Labute approximate surface area is 152 Å². The van der Waals surface area contributed by atoms with Gasteiger partial charge in [-0.1, -0.05) is 17.7 Å². The van der Waals surface area contributed by atoms with Crippen molar-refractivity contribution in [1.82, 2.24) is 0 Å². The van der Waals surface area contributed by atoms with E-state index in [0.29, 0.717) is 6.42 Å². The van der Waals surface area contributed by atoms with E-state index in [4.69, 9.17) is 4.74 Å². The van der Waals surface area contributed by atoms with Gasteiger partial charge < -0.3 is 10.1 Å². The monoisotopic (exact) mass is 385 g/mol. The summed E-state index contributed by atoms with van der Waals surface area (Å²) in [6.07, 6.45) is 0.562. The molecule has 1 amide bonds. The molecule has 0 saturated carbocycles. The Balaban J connectivity index is 1.75. The van der Waals surface area contributed by atoms with Crippen LogP contribution in [0.5, 0.6) is 0 Å². The molecule has 1 aliphatic heterocycles. The fourth-order valence-corrected chi connectivity index (χ4v) is 6.26.